The van der Waals surface area contributed by atoms with E-state index in [0.29, 0.717) is 18.3 Å². The third-order valence-corrected chi connectivity index (χ3v) is 4.47. The Morgan fingerprint density at radius 3 is 2.89 bits per heavy atom. The highest BCUT2D eigenvalue weighted by Gasteiger charge is 2.29. The summed E-state index contributed by atoms with van der Waals surface area (Å²) in [6.07, 6.45) is 1.92. The lowest BCUT2D eigenvalue weighted by Crippen LogP contribution is -2.50. The van der Waals surface area contributed by atoms with E-state index in [2.05, 4.69) is 46.0 Å². The lowest BCUT2D eigenvalue weighted by molar-refractivity contribution is -0.0713. The van der Waals surface area contributed by atoms with Crippen molar-refractivity contribution in [1.29, 1.82) is 0 Å². The molecular weight excluding hydrogens is 306 g/mol. The minimum absolute atomic E-state index is 0.290. The smallest absolute Gasteiger partial charge is 0.123 e. The van der Waals surface area contributed by atoms with Crippen molar-refractivity contribution in [3.05, 3.63) is 29.8 Å². The zero-order valence-electron chi connectivity index (χ0n) is 11.2. The maximum atomic E-state index is 6.02. The fourth-order valence-electron chi connectivity index (χ4n) is 3.02. The van der Waals surface area contributed by atoms with E-state index in [9.17, 15) is 0 Å². The van der Waals surface area contributed by atoms with Gasteiger partial charge < -0.3 is 9.47 Å². The van der Waals surface area contributed by atoms with Gasteiger partial charge in [-0.05, 0) is 18.6 Å². The predicted octanol–water partition coefficient (Wildman–Crippen LogP) is 2.47. The molecule has 3 rings (SSSR count). The number of morpholine rings is 1. The molecule has 3 unspecified atom stereocenters. The van der Waals surface area contributed by atoms with Crippen molar-refractivity contribution in [2.24, 2.45) is 0 Å². The molecule has 0 N–H and O–H groups in total. The number of alkyl halides is 1. The number of hydrogen-bond acceptors (Lipinski definition) is 3. The number of halogens is 1. The molecular formula is C15H20BrNO2. The second-order valence-electron chi connectivity index (χ2n) is 5.49. The second kappa shape index (κ2) is 5.81. The molecule has 1 aromatic carbocycles. The number of hydrogen-bond donors (Lipinski definition) is 0. The molecule has 0 bridgehead atoms. The Morgan fingerprint density at radius 1 is 1.26 bits per heavy atom. The molecule has 1 aromatic rings. The summed E-state index contributed by atoms with van der Waals surface area (Å²) in [7, 11) is 0. The van der Waals surface area contributed by atoms with Gasteiger partial charge in [0, 0.05) is 31.4 Å². The number of nitrogens with zero attached hydrogens (tertiary/aromatic N) is 1. The fourth-order valence-corrected chi connectivity index (χ4v) is 3.38. The van der Waals surface area contributed by atoms with Crippen molar-refractivity contribution >= 4 is 15.9 Å². The standard InChI is InChI=1S/C15H20BrNO2/c1-11-8-17(10-14(7-16)18-11)9-13-6-12-4-2-3-5-15(12)19-13/h2-5,11,13-14H,6-10H2,1H3. The Balaban J connectivity index is 1.58. The molecule has 104 valence electrons. The SMILES string of the molecule is CC1CN(CC2Cc3ccccc3O2)CC(CBr)O1. The monoisotopic (exact) mass is 325 g/mol. The molecule has 19 heavy (non-hydrogen) atoms. The average molecular weight is 326 g/mol. The molecule has 0 amide bonds. The largest absolute Gasteiger partial charge is 0.488 e. The average Bonchev–Trinajstić information content (AvgIpc) is 2.80. The number of fused-ring (bicyclic) bond motifs is 1. The maximum absolute atomic E-state index is 6.02. The third kappa shape index (κ3) is 3.12. The molecule has 2 aliphatic heterocycles. The molecule has 0 radical (unpaired) electrons. The van der Waals surface area contributed by atoms with Gasteiger partial charge in [0.15, 0.2) is 0 Å². The van der Waals surface area contributed by atoms with Gasteiger partial charge in [-0.2, -0.15) is 0 Å². The lowest BCUT2D eigenvalue weighted by atomic mass is 10.1. The van der Waals surface area contributed by atoms with Gasteiger partial charge in [-0.15, -0.1) is 0 Å². The summed E-state index contributed by atoms with van der Waals surface area (Å²) in [4.78, 5) is 2.47. The molecule has 2 aliphatic rings. The zero-order chi connectivity index (χ0) is 13.2. The van der Waals surface area contributed by atoms with Crippen LogP contribution in [0.25, 0.3) is 0 Å². The summed E-state index contributed by atoms with van der Waals surface area (Å²) in [6.45, 7) is 5.13. The van der Waals surface area contributed by atoms with Gasteiger partial charge >= 0.3 is 0 Å². The molecule has 2 heterocycles. The molecule has 3 atom stereocenters. The number of para-hydroxylation sites is 1. The minimum Gasteiger partial charge on any atom is -0.488 e. The van der Waals surface area contributed by atoms with E-state index in [1.165, 1.54) is 5.56 Å². The van der Waals surface area contributed by atoms with Gasteiger partial charge in [-0.3, -0.25) is 4.90 Å². The zero-order valence-corrected chi connectivity index (χ0v) is 12.8. The van der Waals surface area contributed by atoms with Crippen LogP contribution in [0, 0.1) is 0 Å². The first-order chi connectivity index (χ1) is 9.24. The van der Waals surface area contributed by atoms with Crippen LogP contribution >= 0.6 is 15.9 Å². The summed E-state index contributed by atoms with van der Waals surface area (Å²) < 4.78 is 11.9. The Hall–Kier alpha value is -0.580. The van der Waals surface area contributed by atoms with Crippen molar-refractivity contribution < 1.29 is 9.47 Å². The fraction of sp³-hybridized carbons (Fsp3) is 0.600. The van der Waals surface area contributed by atoms with Crippen LogP contribution in [0.3, 0.4) is 0 Å². The first-order valence-electron chi connectivity index (χ1n) is 6.93. The summed E-state index contributed by atoms with van der Waals surface area (Å²) in [6, 6.07) is 8.36. The minimum atomic E-state index is 0.290. The number of ether oxygens (including phenoxy) is 2. The van der Waals surface area contributed by atoms with Crippen molar-refractivity contribution in [2.75, 3.05) is 25.0 Å². The molecule has 0 aliphatic carbocycles. The molecule has 0 aromatic heterocycles. The summed E-state index contributed by atoms with van der Waals surface area (Å²) >= 11 is 3.52. The van der Waals surface area contributed by atoms with Crippen LogP contribution in [-0.2, 0) is 11.2 Å². The second-order valence-corrected chi connectivity index (χ2v) is 6.14. The maximum Gasteiger partial charge on any atom is 0.123 e. The highest BCUT2D eigenvalue weighted by Crippen LogP contribution is 2.28. The van der Waals surface area contributed by atoms with Crippen LogP contribution in [0.15, 0.2) is 24.3 Å². The van der Waals surface area contributed by atoms with E-state index in [0.717, 1.165) is 37.1 Å². The van der Waals surface area contributed by atoms with Crippen molar-refractivity contribution in [1.82, 2.24) is 4.90 Å². The van der Waals surface area contributed by atoms with E-state index in [1.54, 1.807) is 0 Å². The summed E-state index contributed by atoms with van der Waals surface area (Å²) in [5.74, 6) is 1.06. The first kappa shape index (κ1) is 13.4. The van der Waals surface area contributed by atoms with Crippen LogP contribution in [0.4, 0.5) is 0 Å². The van der Waals surface area contributed by atoms with Crippen LogP contribution in [0.2, 0.25) is 0 Å². The van der Waals surface area contributed by atoms with Crippen molar-refractivity contribution in [3.8, 4) is 5.75 Å². The van der Waals surface area contributed by atoms with Gasteiger partial charge in [0.2, 0.25) is 0 Å². The molecule has 1 saturated heterocycles. The van der Waals surface area contributed by atoms with Crippen molar-refractivity contribution in [3.63, 3.8) is 0 Å². The lowest BCUT2D eigenvalue weighted by Gasteiger charge is -2.37. The number of benzene rings is 1. The van der Waals surface area contributed by atoms with Crippen molar-refractivity contribution in [2.45, 2.75) is 31.7 Å². The van der Waals surface area contributed by atoms with Crippen LogP contribution in [0.1, 0.15) is 12.5 Å². The Bertz CT molecular complexity index is 415. The van der Waals surface area contributed by atoms with E-state index >= 15 is 0 Å². The van der Waals surface area contributed by atoms with Gasteiger partial charge in [0.1, 0.15) is 11.9 Å². The Labute approximate surface area is 123 Å². The summed E-state index contributed by atoms with van der Waals surface area (Å²) in [5.41, 5.74) is 1.34. The molecule has 4 heteroatoms. The topological polar surface area (TPSA) is 21.7 Å². The normalized spacial score (nSPS) is 30.9. The van der Waals surface area contributed by atoms with Gasteiger partial charge in [0.05, 0.1) is 12.2 Å². The predicted molar refractivity (Wildman–Crippen MR) is 79.1 cm³/mol. The van der Waals surface area contributed by atoms with Crippen LogP contribution in [0.5, 0.6) is 5.75 Å². The van der Waals surface area contributed by atoms with Crippen LogP contribution < -0.4 is 4.74 Å². The van der Waals surface area contributed by atoms with Gasteiger partial charge in [-0.1, -0.05) is 34.1 Å². The van der Waals surface area contributed by atoms with E-state index in [1.807, 2.05) is 6.07 Å². The first-order valence-corrected chi connectivity index (χ1v) is 8.05. The quantitative estimate of drug-likeness (QED) is 0.797. The van der Waals surface area contributed by atoms with Crippen LogP contribution in [-0.4, -0.2) is 48.2 Å². The highest BCUT2D eigenvalue weighted by molar-refractivity contribution is 9.09. The van der Waals surface area contributed by atoms with Gasteiger partial charge in [-0.25, -0.2) is 0 Å². The Morgan fingerprint density at radius 2 is 2.11 bits per heavy atom. The van der Waals surface area contributed by atoms with E-state index in [-0.39, 0.29) is 0 Å². The third-order valence-electron chi connectivity index (χ3n) is 3.75. The summed E-state index contributed by atoms with van der Waals surface area (Å²) in [5, 5.41) is 0.902. The Kier molecular flexibility index (Phi) is 4.10. The van der Waals surface area contributed by atoms with E-state index in [4.69, 9.17) is 9.47 Å². The van der Waals surface area contributed by atoms with E-state index < -0.39 is 0 Å². The van der Waals surface area contributed by atoms with Gasteiger partial charge in [0.25, 0.3) is 0 Å². The molecule has 0 spiro atoms. The number of rotatable bonds is 3. The molecule has 3 nitrogen and oxygen atoms in total. The molecule has 0 saturated carbocycles. The molecule has 1 fully saturated rings. The highest BCUT2D eigenvalue weighted by atomic mass is 79.9.